The van der Waals surface area contributed by atoms with Gasteiger partial charge in [-0.15, -0.1) is 11.3 Å². The molecule has 2 aromatic heterocycles. The van der Waals surface area contributed by atoms with Crippen LogP contribution in [0.5, 0.6) is 0 Å². The van der Waals surface area contributed by atoms with E-state index >= 15 is 0 Å². The summed E-state index contributed by atoms with van der Waals surface area (Å²) in [7, 11) is 0. The number of nitrogens with two attached hydrogens (primary N) is 1. The van der Waals surface area contributed by atoms with Gasteiger partial charge in [0, 0.05) is 23.3 Å². The lowest BCUT2D eigenvalue weighted by atomic mass is 9.98. The van der Waals surface area contributed by atoms with E-state index in [1.165, 1.54) is 11.3 Å². The van der Waals surface area contributed by atoms with Gasteiger partial charge in [0.2, 0.25) is 5.91 Å². The van der Waals surface area contributed by atoms with Crippen molar-refractivity contribution in [2.45, 2.75) is 32.7 Å². The van der Waals surface area contributed by atoms with Crippen LogP contribution in [0.15, 0.2) is 10.6 Å². The van der Waals surface area contributed by atoms with Gasteiger partial charge in [-0.05, 0) is 13.8 Å². The molecule has 3 heterocycles. The monoisotopic (exact) mass is 336 g/mol. The second-order valence-electron chi connectivity index (χ2n) is 5.85. The summed E-state index contributed by atoms with van der Waals surface area (Å²) in [4.78, 5) is 17.3. The Bertz CT molecular complexity index is 697. The SMILES string of the molecule is Cc1cc(C[C@@H]2COC[C@@H]2NC(=O)Cc2sc(N)nc2C)on1. The van der Waals surface area contributed by atoms with Crippen LogP contribution in [0.3, 0.4) is 0 Å². The molecule has 3 N–H and O–H groups in total. The molecule has 8 heteroatoms. The first-order valence-electron chi connectivity index (χ1n) is 7.52. The predicted molar refractivity (Wildman–Crippen MR) is 86.2 cm³/mol. The number of aryl methyl sites for hydroxylation is 2. The minimum atomic E-state index is -0.0361. The number of thiazole rings is 1. The van der Waals surface area contributed by atoms with E-state index in [0.717, 1.165) is 22.0 Å². The molecule has 0 radical (unpaired) electrons. The van der Waals surface area contributed by atoms with Crippen molar-refractivity contribution < 1.29 is 14.1 Å². The summed E-state index contributed by atoms with van der Waals surface area (Å²) in [6, 6.07) is 1.90. The number of ether oxygens (including phenoxy) is 1. The van der Waals surface area contributed by atoms with E-state index in [2.05, 4.69) is 15.5 Å². The number of hydrogen-bond donors (Lipinski definition) is 2. The molecule has 0 saturated carbocycles. The third kappa shape index (κ3) is 3.89. The maximum atomic E-state index is 12.3. The average molecular weight is 336 g/mol. The lowest BCUT2D eigenvalue weighted by molar-refractivity contribution is -0.121. The second kappa shape index (κ2) is 6.67. The fourth-order valence-electron chi connectivity index (χ4n) is 2.75. The summed E-state index contributed by atoms with van der Waals surface area (Å²) < 4.78 is 10.8. The first-order chi connectivity index (χ1) is 11.0. The number of nitrogen functional groups attached to an aromatic ring is 1. The zero-order valence-corrected chi connectivity index (χ0v) is 14.0. The number of carbonyl (C=O) groups excluding carboxylic acids is 1. The van der Waals surface area contributed by atoms with Gasteiger partial charge in [-0.2, -0.15) is 0 Å². The molecule has 0 unspecified atom stereocenters. The molecule has 0 spiro atoms. The second-order valence-corrected chi connectivity index (χ2v) is 6.96. The number of anilines is 1. The number of hydrogen-bond acceptors (Lipinski definition) is 7. The maximum Gasteiger partial charge on any atom is 0.225 e. The number of rotatable bonds is 5. The summed E-state index contributed by atoms with van der Waals surface area (Å²) in [5.74, 6) is 0.980. The standard InChI is InChI=1S/C15H20N4O3S/c1-8-3-11(22-19-8)4-10-6-21-7-12(10)18-14(20)5-13-9(2)17-15(16)23-13/h3,10,12H,4-7H2,1-2H3,(H2,16,17)(H,18,20)/t10-,12+/m1/s1. The van der Waals surface area contributed by atoms with Crippen LogP contribution >= 0.6 is 11.3 Å². The highest BCUT2D eigenvalue weighted by atomic mass is 32.1. The first kappa shape index (κ1) is 15.9. The first-order valence-corrected chi connectivity index (χ1v) is 8.34. The Kier molecular flexibility index (Phi) is 4.63. The van der Waals surface area contributed by atoms with Crippen molar-refractivity contribution in [3.8, 4) is 0 Å². The Morgan fingerprint density at radius 1 is 1.48 bits per heavy atom. The van der Waals surface area contributed by atoms with Gasteiger partial charge in [-0.25, -0.2) is 4.98 Å². The van der Waals surface area contributed by atoms with Crippen molar-refractivity contribution in [1.29, 1.82) is 0 Å². The van der Waals surface area contributed by atoms with E-state index < -0.39 is 0 Å². The maximum absolute atomic E-state index is 12.3. The zero-order valence-electron chi connectivity index (χ0n) is 13.2. The molecule has 1 aliphatic rings. The summed E-state index contributed by atoms with van der Waals surface area (Å²) in [6.45, 7) is 4.88. The molecular formula is C15H20N4O3S. The van der Waals surface area contributed by atoms with Gasteiger partial charge in [0.05, 0.1) is 37.1 Å². The van der Waals surface area contributed by atoms with Gasteiger partial charge >= 0.3 is 0 Å². The van der Waals surface area contributed by atoms with Crippen molar-refractivity contribution in [2.75, 3.05) is 18.9 Å². The summed E-state index contributed by atoms with van der Waals surface area (Å²) in [6.07, 6.45) is 1.00. The summed E-state index contributed by atoms with van der Waals surface area (Å²) in [5, 5.41) is 7.44. The number of nitrogens with zero attached hydrogens (tertiary/aromatic N) is 2. The molecule has 1 fully saturated rings. The highest BCUT2D eigenvalue weighted by Crippen LogP contribution is 2.22. The summed E-state index contributed by atoms with van der Waals surface area (Å²) >= 11 is 1.36. The molecule has 23 heavy (non-hydrogen) atoms. The van der Waals surface area contributed by atoms with Crippen molar-refractivity contribution in [2.24, 2.45) is 5.92 Å². The number of nitrogens with one attached hydrogen (secondary N) is 1. The van der Waals surface area contributed by atoms with Crippen molar-refractivity contribution in [1.82, 2.24) is 15.5 Å². The Balaban J connectivity index is 1.57. The van der Waals surface area contributed by atoms with E-state index in [0.29, 0.717) is 31.2 Å². The normalized spacial score (nSPS) is 20.8. The molecule has 1 amide bonds. The smallest absolute Gasteiger partial charge is 0.225 e. The Labute approximate surface area is 138 Å². The highest BCUT2D eigenvalue weighted by Gasteiger charge is 2.31. The quantitative estimate of drug-likeness (QED) is 0.851. The molecule has 3 rings (SSSR count). The van der Waals surface area contributed by atoms with Crippen LogP contribution in [-0.2, 0) is 22.4 Å². The number of carbonyl (C=O) groups is 1. The van der Waals surface area contributed by atoms with Crippen LogP contribution in [-0.4, -0.2) is 35.3 Å². The molecule has 1 saturated heterocycles. The van der Waals surface area contributed by atoms with Gasteiger partial charge in [-0.1, -0.05) is 5.16 Å². The molecule has 124 valence electrons. The molecule has 2 aromatic rings. The van der Waals surface area contributed by atoms with Crippen LogP contribution in [0, 0.1) is 19.8 Å². The van der Waals surface area contributed by atoms with Crippen molar-refractivity contribution >= 4 is 22.4 Å². The van der Waals surface area contributed by atoms with E-state index in [1.54, 1.807) is 0 Å². The molecule has 0 aliphatic carbocycles. The molecule has 7 nitrogen and oxygen atoms in total. The van der Waals surface area contributed by atoms with Gasteiger partial charge < -0.3 is 20.3 Å². The van der Waals surface area contributed by atoms with E-state index in [1.807, 2.05) is 19.9 Å². The van der Waals surface area contributed by atoms with Gasteiger partial charge in [-0.3, -0.25) is 4.79 Å². The molecular weight excluding hydrogens is 316 g/mol. The van der Waals surface area contributed by atoms with Gasteiger partial charge in [0.1, 0.15) is 5.76 Å². The predicted octanol–water partition coefficient (Wildman–Crippen LogP) is 1.25. The topological polar surface area (TPSA) is 103 Å². The van der Waals surface area contributed by atoms with Crippen molar-refractivity contribution in [3.05, 3.63) is 28.1 Å². The Hall–Kier alpha value is -1.93. The van der Waals surface area contributed by atoms with E-state index in [4.69, 9.17) is 15.0 Å². The fourth-order valence-corrected chi connectivity index (χ4v) is 3.58. The van der Waals surface area contributed by atoms with Gasteiger partial charge in [0.25, 0.3) is 0 Å². The zero-order chi connectivity index (χ0) is 16.4. The van der Waals surface area contributed by atoms with Gasteiger partial charge in [0.15, 0.2) is 5.13 Å². The van der Waals surface area contributed by atoms with Crippen LogP contribution in [0.2, 0.25) is 0 Å². The average Bonchev–Trinajstić information content (AvgIpc) is 3.15. The van der Waals surface area contributed by atoms with E-state index in [9.17, 15) is 4.79 Å². The highest BCUT2D eigenvalue weighted by molar-refractivity contribution is 7.15. The molecule has 2 atom stereocenters. The molecule has 1 aliphatic heterocycles. The van der Waals surface area contributed by atoms with Crippen LogP contribution in [0.25, 0.3) is 0 Å². The lowest BCUT2D eigenvalue weighted by Crippen LogP contribution is -2.41. The third-order valence-corrected chi connectivity index (χ3v) is 4.90. The largest absolute Gasteiger partial charge is 0.379 e. The summed E-state index contributed by atoms with van der Waals surface area (Å²) in [5.41, 5.74) is 7.35. The number of aromatic nitrogens is 2. The fraction of sp³-hybridized carbons (Fsp3) is 0.533. The van der Waals surface area contributed by atoms with Crippen LogP contribution < -0.4 is 11.1 Å². The minimum absolute atomic E-state index is 0.0153. The van der Waals surface area contributed by atoms with E-state index in [-0.39, 0.29) is 17.9 Å². The molecule has 0 bridgehead atoms. The minimum Gasteiger partial charge on any atom is -0.379 e. The third-order valence-electron chi connectivity index (χ3n) is 3.92. The number of amides is 1. The van der Waals surface area contributed by atoms with Crippen molar-refractivity contribution in [3.63, 3.8) is 0 Å². The Morgan fingerprint density at radius 2 is 2.30 bits per heavy atom. The van der Waals surface area contributed by atoms with Crippen LogP contribution in [0.1, 0.15) is 22.0 Å². The van der Waals surface area contributed by atoms with Crippen LogP contribution in [0.4, 0.5) is 5.13 Å². The molecule has 0 aromatic carbocycles. The Morgan fingerprint density at radius 3 is 2.96 bits per heavy atom. The lowest BCUT2D eigenvalue weighted by Gasteiger charge is -2.17.